The molecule has 6 nitrogen and oxygen atoms in total. The molecule has 0 saturated heterocycles. The van der Waals surface area contributed by atoms with Crippen LogP contribution in [0.2, 0.25) is 0 Å². The van der Waals surface area contributed by atoms with Crippen LogP contribution >= 0.6 is 21.6 Å². The highest BCUT2D eigenvalue weighted by Gasteiger charge is 2.12. The van der Waals surface area contributed by atoms with Crippen LogP contribution in [0, 0.1) is 0 Å². The van der Waals surface area contributed by atoms with Crippen molar-refractivity contribution in [1.82, 2.24) is 9.71 Å². The number of rotatable bonds is 7. The maximum atomic E-state index is 11.9. The van der Waals surface area contributed by atoms with Gasteiger partial charge in [0.2, 0.25) is 11.8 Å². The molecule has 0 aliphatic heterocycles. The van der Waals surface area contributed by atoms with E-state index >= 15 is 0 Å². The number of benzene rings is 1. The maximum absolute atomic E-state index is 11.9. The summed E-state index contributed by atoms with van der Waals surface area (Å²) in [7, 11) is 3.31. The van der Waals surface area contributed by atoms with E-state index in [1.165, 1.54) is 12.1 Å². The third kappa shape index (κ3) is 4.96. The first-order chi connectivity index (χ1) is 12.6. The molecule has 2 N–H and O–H groups in total. The zero-order chi connectivity index (χ0) is 18.4. The van der Waals surface area contributed by atoms with Crippen molar-refractivity contribution in [3.63, 3.8) is 0 Å². The fourth-order valence-electron chi connectivity index (χ4n) is 2.10. The molecule has 0 unspecified atom stereocenters. The highest BCUT2D eigenvalue weighted by atomic mass is 33.1. The van der Waals surface area contributed by atoms with Gasteiger partial charge in [-0.1, -0.05) is 41.1 Å². The average Bonchev–Trinajstić information content (AvgIpc) is 2.96. The van der Waals surface area contributed by atoms with E-state index in [0.717, 1.165) is 21.9 Å². The second kappa shape index (κ2) is 8.68. The van der Waals surface area contributed by atoms with E-state index in [1.54, 1.807) is 27.8 Å². The van der Waals surface area contributed by atoms with E-state index in [0.29, 0.717) is 4.73 Å². The molecule has 3 rings (SSSR count). The van der Waals surface area contributed by atoms with Gasteiger partial charge >= 0.3 is 5.97 Å². The Morgan fingerprint density at radius 3 is 2.35 bits per heavy atom. The third-order valence-electron chi connectivity index (χ3n) is 3.37. The lowest BCUT2D eigenvalue weighted by Gasteiger charge is -2.07. The molecule has 0 amide bonds. The lowest BCUT2D eigenvalue weighted by Crippen LogP contribution is -2.20. The van der Waals surface area contributed by atoms with Crippen molar-refractivity contribution in [3.8, 4) is 11.8 Å². The zero-order valence-electron chi connectivity index (χ0n) is 13.6. The smallest absolute Gasteiger partial charge is 0.337 e. The molecule has 2 heterocycles. The van der Waals surface area contributed by atoms with Gasteiger partial charge < -0.3 is 15.1 Å². The summed E-state index contributed by atoms with van der Waals surface area (Å²) in [5.41, 5.74) is 1.92. The molecule has 0 aliphatic carbocycles. The van der Waals surface area contributed by atoms with Crippen molar-refractivity contribution < 1.29 is 19.8 Å². The molecule has 134 valence electrons. The van der Waals surface area contributed by atoms with E-state index in [9.17, 15) is 15.0 Å². The van der Waals surface area contributed by atoms with Crippen LogP contribution < -0.4 is 4.84 Å². The van der Waals surface area contributed by atoms with E-state index in [1.807, 2.05) is 42.5 Å². The van der Waals surface area contributed by atoms with Crippen LogP contribution in [0.25, 0.3) is 0 Å². The van der Waals surface area contributed by atoms with Crippen LogP contribution in [0.1, 0.15) is 11.1 Å². The van der Waals surface area contributed by atoms with Crippen LogP contribution in [0.3, 0.4) is 0 Å². The molecule has 0 saturated carbocycles. The molecule has 0 fully saturated rings. The summed E-state index contributed by atoms with van der Waals surface area (Å²) >= 11 is 0. The first kappa shape index (κ1) is 18.2. The molecular formula is C18H16N2O4S2. The Balaban J connectivity index is 1.49. The van der Waals surface area contributed by atoms with Crippen molar-refractivity contribution in [2.45, 2.75) is 17.2 Å². The molecule has 0 aliphatic rings. The summed E-state index contributed by atoms with van der Waals surface area (Å²) in [5.74, 6) is -0.446. The third-order valence-corrected chi connectivity index (χ3v) is 5.57. The highest BCUT2D eigenvalue weighted by Crippen LogP contribution is 2.32. The first-order valence-corrected chi connectivity index (χ1v) is 10.0. The topological polar surface area (TPSA) is 84.6 Å². The van der Waals surface area contributed by atoms with Crippen molar-refractivity contribution in [3.05, 3.63) is 71.9 Å². The van der Waals surface area contributed by atoms with Gasteiger partial charge in [-0.05, 0) is 34.1 Å². The Bertz CT molecular complexity index is 847. The quantitative estimate of drug-likeness (QED) is 0.600. The van der Waals surface area contributed by atoms with Crippen LogP contribution in [0.4, 0.5) is 0 Å². The standard InChI is InChI=1S/C18H16N2O4S2/c21-16-8-9-17(22)20(16)24-18(23)11-13-4-6-14(7-5-13)12-25-26-15-3-1-2-10-19-15/h1-10,21-22H,11-12H2. The first-order valence-electron chi connectivity index (χ1n) is 7.71. The van der Waals surface area contributed by atoms with Gasteiger partial charge in [-0.2, -0.15) is 0 Å². The van der Waals surface area contributed by atoms with Crippen LogP contribution in [0.5, 0.6) is 11.8 Å². The Morgan fingerprint density at radius 2 is 1.69 bits per heavy atom. The monoisotopic (exact) mass is 388 g/mol. The van der Waals surface area contributed by atoms with E-state index in [2.05, 4.69) is 4.98 Å². The van der Waals surface area contributed by atoms with Gasteiger partial charge in [0.15, 0.2) is 0 Å². The number of nitrogens with zero attached hydrogens (tertiary/aromatic N) is 2. The highest BCUT2D eigenvalue weighted by molar-refractivity contribution is 8.76. The molecule has 8 heteroatoms. The Morgan fingerprint density at radius 1 is 1.00 bits per heavy atom. The normalized spacial score (nSPS) is 10.6. The largest absolute Gasteiger partial charge is 0.492 e. The number of hydrogen-bond acceptors (Lipinski definition) is 7. The van der Waals surface area contributed by atoms with Crippen LogP contribution in [-0.2, 0) is 17.0 Å². The summed E-state index contributed by atoms with van der Waals surface area (Å²) < 4.78 is 0.683. The summed E-state index contributed by atoms with van der Waals surface area (Å²) in [4.78, 5) is 21.1. The van der Waals surface area contributed by atoms with Gasteiger partial charge in [-0.3, -0.25) is 0 Å². The van der Waals surface area contributed by atoms with Gasteiger partial charge in [0.05, 0.1) is 6.42 Å². The average molecular weight is 388 g/mol. The fraction of sp³-hybridized carbons (Fsp3) is 0.111. The molecule has 0 spiro atoms. The minimum atomic E-state index is -0.584. The van der Waals surface area contributed by atoms with Gasteiger partial charge in [0.25, 0.3) is 0 Å². The second-order valence-electron chi connectivity index (χ2n) is 5.31. The molecular weight excluding hydrogens is 372 g/mol. The number of hydrogen-bond donors (Lipinski definition) is 2. The zero-order valence-corrected chi connectivity index (χ0v) is 15.2. The van der Waals surface area contributed by atoms with E-state index < -0.39 is 5.97 Å². The number of pyridine rings is 1. The number of carbonyl (C=O) groups is 1. The van der Waals surface area contributed by atoms with Gasteiger partial charge in [0.1, 0.15) is 5.03 Å². The summed E-state index contributed by atoms with van der Waals surface area (Å²) in [5, 5.41) is 19.9. The Labute approximate surface area is 158 Å². The van der Waals surface area contributed by atoms with E-state index in [-0.39, 0.29) is 18.2 Å². The lowest BCUT2D eigenvalue weighted by atomic mass is 10.1. The number of aromatic hydroxyl groups is 2. The molecule has 26 heavy (non-hydrogen) atoms. The number of carbonyl (C=O) groups excluding carboxylic acids is 1. The maximum Gasteiger partial charge on any atom is 0.337 e. The second-order valence-corrected chi connectivity index (χ2v) is 7.63. The minimum absolute atomic E-state index is 0.0349. The van der Waals surface area contributed by atoms with Crippen LogP contribution in [0.15, 0.2) is 65.8 Å². The lowest BCUT2D eigenvalue weighted by molar-refractivity contribution is -0.144. The van der Waals surface area contributed by atoms with Gasteiger partial charge in [-0.25, -0.2) is 9.78 Å². The fourth-order valence-corrected chi connectivity index (χ4v) is 4.09. The van der Waals surface area contributed by atoms with Crippen molar-refractivity contribution in [1.29, 1.82) is 0 Å². The SMILES string of the molecule is O=C(Cc1ccc(CSSc2ccccn2)cc1)On1c(O)ccc1O. The van der Waals surface area contributed by atoms with Crippen LogP contribution in [-0.4, -0.2) is 25.9 Å². The van der Waals surface area contributed by atoms with Crippen molar-refractivity contribution in [2.24, 2.45) is 0 Å². The molecule has 2 aromatic heterocycles. The Hall–Kier alpha value is -2.58. The van der Waals surface area contributed by atoms with Gasteiger partial charge in [0, 0.05) is 24.1 Å². The molecule has 0 radical (unpaired) electrons. The predicted octanol–water partition coefficient (Wildman–Crippen LogP) is 3.43. The predicted molar refractivity (Wildman–Crippen MR) is 101 cm³/mol. The Kier molecular flexibility index (Phi) is 6.08. The van der Waals surface area contributed by atoms with Crippen molar-refractivity contribution in [2.75, 3.05) is 0 Å². The molecule has 1 aromatic carbocycles. The molecule has 0 atom stereocenters. The molecule has 0 bridgehead atoms. The van der Waals surface area contributed by atoms with Gasteiger partial charge in [-0.15, -0.1) is 4.73 Å². The van der Waals surface area contributed by atoms with E-state index in [4.69, 9.17) is 4.84 Å². The summed E-state index contributed by atoms with van der Waals surface area (Å²) in [6.45, 7) is 0. The molecule has 3 aromatic rings. The minimum Gasteiger partial charge on any atom is -0.492 e. The summed E-state index contributed by atoms with van der Waals surface area (Å²) in [6, 6.07) is 15.9. The summed E-state index contributed by atoms with van der Waals surface area (Å²) in [6.07, 6.45) is 1.80. The number of aromatic nitrogens is 2. The van der Waals surface area contributed by atoms with Crippen molar-refractivity contribution >= 4 is 27.6 Å².